The summed E-state index contributed by atoms with van der Waals surface area (Å²) in [5.41, 5.74) is 6.51. The Labute approximate surface area is 137 Å². The minimum Gasteiger partial charge on any atom is -0.376 e. The molecule has 0 aromatic heterocycles. The molecule has 0 aliphatic carbocycles. The smallest absolute Gasteiger partial charge is 0.285 e. The first-order chi connectivity index (χ1) is 11.0. The molecular weight excluding hydrogens is 320 g/mol. The summed E-state index contributed by atoms with van der Waals surface area (Å²) >= 11 is 5.82. The van der Waals surface area contributed by atoms with Crippen molar-refractivity contribution in [2.24, 2.45) is 5.73 Å². The third-order valence-corrected chi connectivity index (χ3v) is 3.74. The van der Waals surface area contributed by atoms with E-state index in [4.69, 9.17) is 22.2 Å². The van der Waals surface area contributed by atoms with Crippen LogP contribution in [0.1, 0.15) is 32.4 Å². The van der Waals surface area contributed by atoms with Gasteiger partial charge in [0, 0.05) is 5.02 Å². The van der Waals surface area contributed by atoms with Gasteiger partial charge in [0.15, 0.2) is 6.10 Å². The van der Waals surface area contributed by atoms with Crippen molar-refractivity contribution in [3.63, 3.8) is 0 Å². The minimum atomic E-state index is -1.43. The van der Waals surface area contributed by atoms with Crippen LogP contribution < -0.4 is 5.73 Å². The molecule has 3 N–H and O–H groups in total. The average Bonchev–Trinajstić information content (AvgIpc) is 2.78. The molecule has 2 atom stereocenters. The lowest BCUT2D eigenvalue weighted by Crippen LogP contribution is -2.38. The number of carbonyl (C=O) groups is 2. The number of nitrogens with two attached hydrogens (primary N) is 1. The summed E-state index contributed by atoms with van der Waals surface area (Å²) in [6.07, 6.45) is -2.52. The number of aliphatic hydroxyl groups excluding tert-OH is 1. The van der Waals surface area contributed by atoms with Gasteiger partial charge >= 0.3 is 0 Å². The lowest BCUT2D eigenvalue weighted by Gasteiger charge is -2.24. The summed E-state index contributed by atoms with van der Waals surface area (Å²) in [5.74, 6) is -1.18. The van der Waals surface area contributed by atoms with E-state index in [2.05, 4.69) is 0 Å². The molecule has 1 heterocycles. The number of carbonyl (C=O) groups excluding carboxylic acids is 2. The van der Waals surface area contributed by atoms with Crippen LogP contribution in [0.25, 0.3) is 0 Å². The quantitative estimate of drug-likeness (QED) is 0.658. The van der Waals surface area contributed by atoms with Crippen molar-refractivity contribution < 1.29 is 19.5 Å². The van der Waals surface area contributed by atoms with Crippen LogP contribution in [0.15, 0.2) is 48.5 Å². The highest BCUT2D eigenvalue weighted by Gasteiger charge is 2.39. The normalized spacial score (nSPS) is 16.4. The van der Waals surface area contributed by atoms with Crippen molar-refractivity contribution in [2.45, 2.75) is 12.3 Å². The molecule has 6 nitrogen and oxygen atoms in total. The molecule has 1 aliphatic heterocycles. The maximum absolute atomic E-state index is 12.3. The van der Waals surface area contributed by atoms with Crippen LogP contribution in [-0.2, 0) is 4.84 Å². The van der Waals surface area contributed by atoms with Crippen LogP contribution in [0.3, 0.4) is 0 Å². The van der Waals surface area contributed by atoms with E-state index in [1.54, 1.807) is 36.4 Å². The van der Waals surface area contributed by atoms with Crippen molar-refractivity contribution in [1.29, 1.82) is 0 Å². The van der Waals surface area contributed by atoms with Crippen molar-refractivity contribution in [2.75, 3.05) is 0 Å². The zero-order valence-corrected chi connectivity index (χ0v) is 12.6. The van der Waals surface area contributed by atoms with Crippen LogP contribution in [0.4, 0.5) is 0 Å². The number of rotatable bonds is 4. The van der Waals surface area contributed by atoms with Gasteiger partial charge in [0.25, 0.3) is 11.8 Å². The lowest BCUT2D eigenvalue weighted by molar-refractivity contribution is -0.166. The highest BCUT2D eigenvalue weighted by atomic mass is 35.5. The number of halogens is 1. The van der Waals surface area contributed by atoms with Crippen molar-refractivity contribution in [3.05, 3.63) is 70.2 Å². The summed E-state index contributed by atoms with van der Waals surface area (Å²) in [4.78, 5) is 30.0. The number of hydrogen-bond acceptors (Lipinski definition) is 5. The molecule has 2 aromatic rings. The number of aliphatic hydroxyl groups is 1. The van der Waals surface area contributed by atoms with E-state index in [0.29, 0.717) is 15.6 Å². The number of hydroxylamine groups is 2. The Kier molecular flexibility index (Phi) is 4.14. The Morgan fingerprint density at radius 3 is 2.00 bits per heavy atom. The third kappa shape index (κ3) is 2.85. The molecule has 0 bridgehead atoms. The first-order valence-electron chi connectivity index (χ1n) is 6.82. The second-order valence-electron chi connectivity index (χ2n) is 5.02. The maximum Gasteiger partial charge on any atom is 0.285 e. The van der Waals surface area contributed by atoms with Gasteiger partial charge in [-0.1, -0.05) is 35.9 Å². The van der Waals surface area contributed by atoms with Gasteiger partial charge < -0.3 is 10.8 Å². The Morgan fingerprint density at radius 2 is 1.52 bits per heavy atom. The van der Waals surface area contributed by atoms with Gasteiger partial charge in [0.05, 0.1) is 11.1 Å². The molecule has 3 rings (SSSR count). The summed E-state index contributed by atoms with van der Waals surface area (Å²) in [5, 5.41) is 10.9. The number of nitrogens with zero attached hydrogens (tertiary/aromatic N) is 1. The molecule has 0 spiro atoms. The van der Waals surface area contributed by atoms with E-state index in [9.17, 15) is 14.7 Å². The fourth-order valence-corrected chi connectivity index (χ4v) is 2.48. The van der Waals surface area contributed by atoms with Gasteiger partial charge in [0.2, 0.25) is 0 Å². The molecule has 2 amide bonds. The third-order valence-electron chi connectivity index (χ3n) is 3.48. The first-order valence-corrected chi connectivity index (χ1v) is 7.20. The van der Waals surface area contributed by atoms with Crippen LogP contribution in [0.5, 0.6) is 0 Å². The molecule has 1 aliphatic rings. The topological polar surface area (TPSA) is 92.9 Å². The van der Waals surface area contributed by atoms with E-state index < -0.39 is 24.1 Å². The highest BCUT2D eigenvalue weighted by Crippen LogP contribution is 2.28. The fourth-order valence-electron chi connectivity index (χ4n) is 2.35. The van der Waals surface area contributed by atoms with Crippen molar-refractivity contribution >= 4 is 23.4 Å². The standard InChI is InChI=1S/C16H13ClN2O4/c17-10-7-5-9(6-8-10)13(14(18)20)23-19-15(21)11-3-1-2-4-12(11)16(19)22/h1-8,13-14,20H,18H2/t13?,14-/m0/s1. The Morgan fingerprint density at radius 1 is 1.00 bits per heavy atom. The minimum absolute atomic E-state index is 0.249. The summed E-state index contributed by atoms with van der Waals surface area (Å²) in [6.45, 7) is 0. The molecule has 2 aromatic carbocycles. The summed E-state index contributed by atoms with van der Waals surface area (Å²) in [7, 11) is 0. The highest BCUT2D eigenvalue weighted by molar-refractivity contribution is 6.30. The molecule has 0 saturated carbocycles. The Hall–Kier alpha value is -2.25. The molecule has 0 radical (unpaired) electrons. The van der Waals surface area contributed by atoms with Gasteiger partial charge in [0.1, 0.15) is 6.23 Å². The van der Waals surface area contributed by atoms with Crippen LogP contribution in [-0.4, -0.2) is 28.2 Å². The molecule has 118 valence electrons. The molecule has 23 heavy (non-hydrogen) atoms. The van der Waals surface area contributed by atoms with Crippen molar-refractivity contribution in [1.82, 2.24) is 5.06 Å². The first kappa shape index (κ1) is 15.6. The van der Waals surface area contributed by atoms with Gasteiger partial charge in [-0.25, -0.2) is 0 Å². The average molecular weight is 333 g/mol. The lowest BCUT2D eigenvalue weighted by atomic mass is 10.1. The summed E-state index contributed by atoms with van der Waals surface area (Å²) < 4.78 is 0. The molecular formula is C16H13ClN2O4. The van der Waals surface area contributed by atoms with Gasteiger partial charge in [-0.2, -0.15) is 0 Å². The maximum atomic E-state index is 12.3. The van der Waals surface area contributed by atoms with Gasteiger partial charge in [-0.15, -0.1) is 5.06 Å². The fraction of sp³-hybridized carbons (Fsp3) is 0.125. The molecule has 1 unspecified atom stereocenters. The zero-order valence-electron chi connectivity index (χ0n) is 11.8. The number of hydrogen-bond donors (Lipinski definition) is 2. The predicted octanol–water partition coefficient (Wildman–Crippen LogP) is 1.89. The Bertz CT molecular complexity index is 726. The zero-order chi connectivity index (χ0) is 16.6. The van der Waals surface area contributed by atoms with E-state index in [-0.39, 0.29) is 11.1 Å². The predicted molar refractivity (Wildman–Crippen MR) is 82.4 cm³/mol. The number of fused-ring (bicyclic) bond motifs is 1. The van der Waals surface area contributed by atoms with Crippen LogP contribution in [0, 0.1) is 0 Å². The second-order valence-corrected chi connectivity index (χ2v) is 5.45. The molecule has 7 heteroatoms. The van der Waals surface area contributed by atoms with Crippen LogP contribution in [0.2, 0.25) is 5.02 Å². The van der Waals surface area contributed by atoms with E-state index in [1.165, 1.54) is 12.1 Å². The van der Waals surface area contributed by atoms with Crippen LogP contribution >= 0.6 is 11.6 Å². The van der Waals surface area contributed by atoms with E-state index >= 15 is 0 Å². The number of amides is 2. The van der Waals surface area contributed by atoms with E-state index in [0.717, 1.165) is 0 Å². The SMILES string of the molecule is N[C@@H](O)C(ON1C(=O)c2ccccc2C1=O)c1ccc(Cl)cc1. The van der Waals surface area contributed by atoms with Gasteiger partial charge in [-0.05, 0) is 29.8 Å². The molecule has 0 saturated heterocycles. The summed E-state index contributed by atoms with van der Waals surface area (Å²) in [6, 6.07) is 12.8. The number of benzene rings is 2. The largest absolute Gasteiger partial charge is 0.376 e. The number of imide groups is 1. The monoisotopic (exact) mass is 332 g/mol. The second kappa shape index (κ2) is 6.10. The van der Waals surface area contributed by atoms with Crippen molar-refractivity contribution in [3.8, 4) is 0 Å². The van der Waals surface area contributed by atoms with Gasteiger partial charge in [-0.3, -0.25) is 14.4 Å². The van der Waals surface area contributed by atoms with E-state index in [1.807, 2.05) is 0 Å². The molecule has 0 fully saturated rings. The Balaban J connectivity index is 1.89.